The second-order valence-corrected chi connectivity index (χ2v) is 5.33. The van der Waals surface area contributed by atoms with Crippen LogP contribution in [0.4, 0.5) is 0 Å². The minimum atomic E-state index is 0.345. The van der Waals surface area contributed by atoms with Crippen LogP contribution in [0.1, 0.15) is 45.4 Å². The van der Waals surface area contributed by atoms with Crippen LogP contribution in [0.2, 0.25) is 0 Å². The van der Waals surface area contributed by atoms with Crippen LogP contribution in [0.15, 0.2) is 0 Å². The molecule has 1 unspecified atom stereocenters. The molecular formula is C14H24N2. The quantitative estimate of drug-likeness (QED) is 0.716. The lowest BCUT2D eigenvalue weighted by molar-refractivity contribution is 0.181. The van der Waals surface area contributed by atoms with Crippen LogP contribution in [-0.4, -0.2) is 36.1 Å². The molecule has 0 bridgehead atoms. The molecule has 1 saturated carbocycles. The molecule has 2 heteroatoms. The van der Waals surface area contributed by atoms with Crippen LogP contribution in [0.25, 0.3) is 0 Å². The normalized spacial score (nSPS) is 27.5. The molecule has 2 fully saturated rings. The van der Waals surface area contributed by atoms with Crippen molar-refractivity contribution in [1.82, 2.24) is 10.2 Å². The van der Waals surface area contributed by atoms with E-state index in [1.165, 1.54) is 32.1 Å². The molecule has 1 atom stereocenters. The third-order valence-corrected chi connectivity index (χ3v) is 4.21. The molecule has 1 aliphatic carbocycles. The molecule has 1 spiro atoms. The average molecular weight is 220 g/mol. The highest BCUT2D eigenvalue weighted by Crippen LogP contribution is 2.32. The van der Waals surface area contributed by atoms with E-state index in [1.54, 1.807) is 0 Å². The first-order chi connectivity index (χ1) is 7.79. The number of hydrogen-bond acceptors (Lipinski definition) is 2. The first-order valence-corrected chi connectivity index (χ1v) is 6.75. The summed E-state index contributed by atoms with van der Waals surface area (Å²) in [6, 6.07) is 0.345. The van der Waals surface area contributed by atoms with Gasteiger partial charge in [0.2, 0.25) is 0 Å². The van der Waals surface area contributed by atoms with Gasteiger partial charge in [0.05, 0.1) is 6.04 Å². The Kier molecular flexibility index (Phi) is 3.89. The molecule has 90 valence electrons. The van der Waals surface area contributed by atoms with Crippen molar-refractivity contribution in [1.29, 1.82) is 0 Å². The molecule has 0 amide bonds. The number of rotatable bonds is 2. The standard InChI is InChI=1S/C14H24N2/c1-3-13(4-2)16-11-7-10-15-14(12-16)8-5-6-9-14/h1,13,15H,4-12H2,2H3. The molecule has 0 aromatic carbocycles. The number of hydrogen-bond donors (Lipinski definition) is 1. The van der Waals surface area contributed by atoms with Crippen LogP contribution in [0.5, 0.6) is 0 Å². The molecule has 2 aliphatic rings. The molecule has 1 aliphatic heterocycles. The van der Waals surface area contributed by atoms with E-state index in [1.807, 2.05) is 0 Å². The van der Waals surface area contributed by atoms with Crippen molar-refractivity contribution in [3.05, 3.63) is 0 Å². The van der Waals surface area contributed by atoms with Crippen LogP contribution in [-0.2, 0) is 0 Å². The van der Waals surface area contributed by atoms with Gasteiger partial charge in [-0.1, -0.05) is 25.7 Å². The minimum absolute atomic E-state index is 0.345. The zero-order valence-corrected chi connectivity index (χ0v) is 10.5. The van der Waals surface area contributed by atoms with Crippen molar-refractivity contribution in [3.63, 3.8) is 0 Å². The Bertz CT molecular complexity index is 260. The summed E-state index contributed by atoms with van der Waals surface area (Å²) in [6.45, 7) is 5.69. The highest BCUT2D eigenvalue weighted by Gasteiger charge is 2.37. The summed E-state index contributed by atoms with van der Waals surface area (Å²) in [4.78, 5) is 2.53. The smallest absolute Gasteiger partial charge is 0.0709 e. The minimum Gasteiger partial charge on any atom is -0.310 e. The van der Waals surface area contributed by atoms with E-state index in [4.69, 9.17) is 6.42 Å². The van der Waals surface area contributed by atoms with Crippen LogP contribution in [0.3, 0.4) is 0 Å². The fourth-order valence-corrected chi connectivity index (χ4v) is 3.29. The van der Waals surface area contributed by atoms with Gasteiger partial charge in [0, 0.05) is 18.6 Å². The average Bonchev–Trinajstić information content (AvgIpc) is 2.63. The van der Waals surface area contributed by atoms with Gasteiger partial charge in [-0.25, -0.2) is 0 Å². The largest absolute Gasteiger partial charge is 0.310 e. The highest BCUT2D eigenvalue weighted by atomic mass is 15.2. The zero-order valence-electron chi connectivity index (χ0n) is 10.5. The fourth-order valence-electron chi connectivity index (χ4n) is 3.29. The van der Waals surface area contributed by atoms with Gasteiger partial charge in [-0.2, -0.15) is 0 Å². The topological polar surface area (TPSA) is 15.3 Å². The van der Waals surface area contributed by atoms with E-state index in [0.717, 1.165) is 26.1 Å². The van der Waals surface area contributed by atoms with E-state index in [-0.39, 0.29) is 0 Å². The monoisotopic (exact) mass is 220 g/mol. The third-order valence-electron chi connectivity index (χ3n) is 4.21. The number of terminal acetylenes is 1. The molecule has 1 heterocycles. The summed E-state index contributed by atoms with van der Waals surface area (Å²) in [7, 11) is 0. The lowest BCUT2D eigenvalue weighted by atomic mass is 9.96. The van der Waals surface area contributed by atoms with Crippen LogP contribution < -0.4 is 5.32 Å². The summed E-state index contributed by atoms with van der Waals surface area (Å²) < 4.78 is 0. The van der Waals surface area contributed by atoms with E-state index in [0.29, 0.717) is 11.6 Å². The Morgan fingerprint density at radius 3 is 2.75 bits per heavy atom. The van der Waals surface area contributed by atoms with Crippen molar-refractivity contribution >= 4 is 0 Å². The predicted molar refractivity (Wildman–Crippen MR) is 68.3 cm³/mol. The van der Waals surface area contributed by atoms with Crippen molar-refractivity contribution < 1.29 is 0 Å². The van der Waals surface area contributed by atoms with E-state index in [2.05, 4.69) is 23.1 Å². The first-order valence-electron chi connectivity index (χ1n) is 6.75. The van der Waals surface area contributed by atoms with Gasteiger partial charge < -0.3 is 5.32 Å². The lowest BCUT2D eigenvalue weighted by Crippen LogP contribution is -2.51. The van der Waals surface area contributed by atoms with Crippen molar-refractivity contribution in [2.75, 3.05) is 19.6 Å². The molecule has 16 heavy (non-hydrogen) atoms. The second kappa shape index (κ2) is 5.21. The molecule has 1 N–H and O–H groups in total. The van der Waals surface area contributed by atoms with Crippen LogP contribution in [0, 0.1) is 12.3 Å². The van der Waals surface area contributed by atoms with E-state index >= 15 is 0 Å². The third kappa shape index (κ3) is 2.42. The van der Waals surface area contributed by atoms with E-state index in [9.17, 15) is 0 Å². The fraction of sp³-hybridized carbons (Fsp3) is 0.857. The zero-order chi connectivity index (χ0) is 11.4. The maximum absolute atomic E-state index is 5.64. The predicted octanol–water partition coefficient (Wildman–Crippen LogP) is 2.01. The van der Waals surface area contributed by atoms with Gasteiger partial charge in [0.15, 0.2) is 0 Å². The van der Waals surface area contributed by atoms with Crippen LogP contribution >= 0.6 is 0 Å². The molecule has 0 aromatic heterocycles. The molecule has 2 rings (SSSR count). The first kappa shape index (κ1) is 12.0. The molecule has 0 aromatic rings. The highest BCUT2D eigenvalue weighted by molar-refractivity contribution is 5.04. The maximum Gasteiger partial charge on any atom is 0.0709 e. The van der Waals surface area contributed by atoms with Gasteiger partial charge in [-0.3, -0.25) is 4.90 Å². The van der Waals surface area contributed by atoms with Crippen molar-refractivity contribution in [2.45, 2.75) is 57.0 Å². The summed E-state index contributed by atoms with van der Waals surface area (Å²) in [6.07, 6.45) is 13.4. The Morgan fingerprint density at radius 1 is 1.38 bits per heavy atom. The van der Waals surface area contributed by atoms with Crippen molar-refractivity contribution in [3.8, 4) is 12.3 Å². The van der Waals surface area contributed by atoms with Gasteiger partial charge in [-0.05, 0) is 32.2 Å². The Labute approximate surface area is 99.8 Å². The molecule has 1 saturated heterocycles. The summed E-state index contributed by atoms with van der Waals surface area (Å²) in [5, 5.41) is 3.78. The second-order valence-electron chi connectivity index (χ2n) is 5.33. The maximum atomic E-state index is 5.64. The van der Waals surface area contributed by atoms with Gasteiger partial charge in [0.1, 0.15) is 0 Å². The van der Waals surface area contributed by atoms with Gasteiger partial charge in [-0.15, -0.1) is 6.42 Å². The summed E-state index contributed by atoms with van der Waals surface area (Å²) in [5.74, 6) is 2.95. The SMILES string of the molecule is C#CC(CC)N1CCCNC2(CCCC2)C1. The van der Waals surface area contributed by atoms with Gasteiger partial charge in [0.25, 0.3) is 0 Å². The van der Waals surface area contributed by atoms with Gasteiger partial charge >= 0.3 is 0 Å². The van der Waals surface area contributed by atoms with E-state index < -0.39 is 0 Å². The Morgan fingerprint density at radius 2 is 2.12 bits per heavy atom. The van der Waals surface area contributed by atoms with Crippen molar-refractivity contribution in [2.24, 2.45) is 0 Å². The Balaban J connectivity index is 2.06. The summed E-state index contributed by atoms with van der Waals surface area (Å²) in [5.41, 5.74) is 0.390. The number of nitrogens with one attached hydrogen (secondary N) is 1. The molecular weight excluding hydrogens is 196 g/mol. The number of nitrogens with zero attached hydrogens (tertiary/aromatic N) is 1. The Hall–Kier alpha value is -0.520. The molecule has 2 nitrogen and oxygen atoms in total. The summed E-state index contributed by atoms with van der Waals surface area (Å²) >= 11 is 0. The molecule has 0 radical (unpaired) electrons. The lowest BCUT2D eigenvalue weighted by Gasteiger charge is -2.35.